The summed E-state index contributed by atoms with van der Waals surface area (Å²) in [5.74, 6) is -0.528. The van der Waals surface area contributed by atoms with Crippen LogP contribution in [0.5, 0.6) is 5.75 Å². The normalized spacial score (nSPS) is 24.3. The number of nitrogens with one attached hydrogen (secondary N) is 1. The van der Waals surface area contributed by atoms with Crippen LogP contribution in [0.15, 0.2) is 66.7 Å². The average Bonchev–Trinajstić information content (AvgIpc) is 2.85. The zero-order chi connectivity index (χ0) is 26.3. The summed E-state index contributed by atoms with van der Waals surface area (Å²) in [5.41, 5.74) is 7.68. The van der Waals surface area contributed by atoms with Gasteiger partial charge >= 0.3 is 6.09 Å². The molecule has 3 aromatic rings. The third-order valence-corrected chi connectivity index (χ3v) is 8.69. The Bertz CT molecular complexity index is 1370. The van der Waals surface area contributed by atoms with Crippen molar-refractivity contribution in [3.05, 3.63) is 93.5 Å². The molecule has 0 bridgehead atoms. The molecule has 3 aromatic carbocycles. The van der Waals surface area contributed by atoms with Crippen LogP contribution < -0.4 is 11.1 Å². The predicted molar refractivity (Wildman–Crippen MR) is 143 cm³/mol. The number of nitrogen functional groups attached to an aromatic ring is 1. The number of likely N-dealkylation sites (tertiary alicyclic amines) is 1. The van der Waals surface area contributed by atoms with Crippen molar-refractivity contribution in [1.82, 2.24) is 10.2 Å². The van der Waals surface area contributed by atoms with Crippen LogP contribution in [0.2, 0.25) is 10.0 Å². The van der Waals surface area contributed by atoms with Crippen LogP contribution in [0.25, 0.3) is 0 Å². The Labute approximate surface area is 224 Å². The van der Waals surface area contributed by atoms with Crippen molar-refractivity contribution in [1.29, 1.82) is 0 Å². The molecule has 1 saturated carbocycles. The molecule has 7 nitrogen and oxygen atoms in total. The van der Waals surface area contributed by atoms with Crippen LogP contribution >= 0.6 is 23.2 Å². The molecule has 0 radical (unpaired) electrons. The van der Waals surface area contributed by atoms with Crippen LogP contribution in [0.1, 0.15) is 27.9 Å². The fourth-order valence-corrected chi connectivity index (χ4v) is 6.39. The van der Waals surface area contributed by atoms with E-state index < -0.39 is 6.09 Å². The van der Waals surface area contributed by atoms with Gasteiger partial charge in [-0.1, -0.05) is 59.6 Å². The minimum absolute atomic E-state index is 0.0539. The highest BCUT2D eigenvalue weighted by atomic mass is 35.5. The Kier molecular flexibility index (Phi) is 6.68. The van der Waals surface area contributed by atoms with Gasteiger partial charge in [-0.15, -0.1) is 0 Å². The van der Waals surface area contributed by atoms with E-state index in [0.29, 0.717) is 41.4 Å². The molecule has 1 aliphatic heterocycles. The number of aromatic hydroxyl groups is 1. The van der Waals surface area contributed by atoms with E-state index in [9.17, 15) is 19.8 Å². The minimum Gasteiger partial charge on any atom is -0.506 e. The van der Waals surface area contributed by atoms with Crippen LogP contribution in [-0.2, 0) is 12.8 Å². The van der Waals surface area contributed by atoms with Gasteiger partial charge in [0.2, 0.25) is 0 Å². The van der Waals surface area contributed by atoms with Gasteiger partial charge in [0, 0.05) is 39.7 Å². The molecule has 4 atom stereocenters. The van der Waals surface area contributed by atoms with Gasteiger partial charge in [0.05, 0.1) is 5.69 Å². The zero-order valence-corrected chi connectivity index (χ0v) is 21.4. The first kappa shape index (κ1) is 25.2. The molecule has 192 valence electrons. The molecule has 5 N–H and O–H groups in total. The SMILES string of the molecule is Nc1ccc(C(=O)NC2CC3(CN(C(=O)O)C3Cc3ccccc3Cl)C2Cc2ccccc2Cl)cc1O. The summed E-state index contributed by atoms with van der Waals surface area (Å²) >= 11 is 12.9. The third kappa shape index (κ3) is 4.58. The molecular formula is C28H27Cl2N3O4. The predicted octanol–water partition coefficient (Wildman–Crippen LogP) is 5.23. The molecule has 1 spiro atoms. The number of rotatable bonds is 6. The van der Waals surface area contributed by atoms with Crippen LogP contribution in [-0.4, -0.2) is 45.7 Å². The lowest BCUT2D eigenvalue weighted by atomic mass is 9.47. The van der Waals surface area contributed by atoms with Gasteiger partial charge in [0.1, 0.15) is 5.75 Å². The van der Waals surface area contributed by atoms with Gasteiger partial charge < -0.3 is 26.2 Å². The van der Waals surface area contributed by atoms with E-state index in [1.807, 2.05) is 42.5 Å². The number of amides is 2. The summed E-state index contributed by atoms with van der Waals surface area (Å²) in [4.78, 5) is 26.6. The van der Waals surface area contributed by atoms with Crippen molar-refractivity contribution >= 4 is 40.9 Å². The maximum absolute atomic E-state index is 13.1. The molecule has 1 heterocycles. The number of halogens is 2. The molecule has 1 saturated heterocycles. The number of hydrogen-bond donors (Lipinski definition) is 4. The Morgan fingerprint density at radius 2 is 1.62 bits per heavy atom. The fourth-order valence-electron chi connectivity index (χ4n) is 5.96. The first-order valence-electron chi connectivity index (χ1n) is 12.1. The fraction of sp³-hybridized carbons (Fsp3) is 0.286. The third-order valence-electron chi connectivity index (χ3n) is 7.95. The number of anilines is 1. The molecule has 2 aliphatic rings. The highest BCUT2D eigenvalue weighted by Crippen LogP contribution is 2.59. The summed E-state index contributed by atoms with van der Waals surface area (Å²) < 4.78 is 0. The molecule has 9 heteroatoms. The standard InChI is InChI=1S/C28H27Cl2N3O4/c29-20-7-3-1-5-16(20)11-19-23(32-26(35)18-9-10-22(31)24(34)12-18)14-28(19)15-33(27(36)37)25(28)13-17-6-2-4-8-21(17)30/h1-10,12,19,23,25,34H,11,13-15,31H2,(H,32,35)(H,36,37). The van der Waals surface area contributed by atoms with E-state index >= 15 is 0 Å². The first-order valence-corrected chi connectivity index (χ1v) is 12.8. The number of carbonyl (C=O) groups excluding carboxylic acids is 1. The van der Waals surface area contributed by atoms with Crippen molar-refractivity contribution in [2.75, 3.05) is 12.3 Å². The number of nitrogens with zero attached hydrogens (tertiary/aromatic N) is 1. The van der Waals surface area contributed by atoms with E-state index in [1.165, 1.54) is 17.0 Å². The molecular weight excluding hydrogens is 513 g/mol. The van der Waals surface area contributed by atoms with Crippen molar-refractivity contribution in [3.8, 4) is 5.75 Å². The minimum atomic E-state index is -0.969. The Morgan fingerprint density at radius 3 is 2.22 bits per heavy atom. The van der Waals surface area contributed by atoms with Crippen molar-refractivity contribution in [2.45, 2.75) is 31.3 Å². The highest BCUT2D eigenvalue weighted by molar-refractivity contribution is 6.31. The second kappa shape index (κ2) is 9.80. The smallest absolute Gasteiger partial charge is 0.407 e. The van der Waals surface area contributed by atoms with E-state index in [0.717, 1.165) is 11.1 Å². The van der Waals surface area contributed by atoms with E-state index in [2.05, 4.69) is 5.32 Å². The number of nitrogens with two attached hydrogens (primary N) is 1. The summed E-state index contributed by atoms with van der Waals surface area (Å²) in [7, 11) is 0. The second-order valence-electron chi connectivity index (χ2n) is 9.91. The van der Waals surface area contributed by atoms with Crippen molar-refractivity contribution in [2.24, 2.45) is 11.3 Å². The first-order chi connectivity index (χ1) is 17.7. The van der Waals surface area contributed by atoms with Gasteiger partial charge in [-0.25, -0.2) is 4.79 Å². The lowest BCUT2D eigenvalue weighted by Crippen LogP contribution is -2.78. The number of carbonyl (C=O) groups is 2. The number of benzene rings is 3. The summed E-state index contributed by atoms with van der Waals surface area (Å²) in [6, 6.07) is 19.0. The number of carboxylic acid groups (broad SMARTS) is 1. The molecule has 2 amide bonds. The largest absolute Gasteiger partial charge is 0.506 e. The number of phenolic OH excluding ortho intramolecular Hbond substituents is 1. The molecule has 37 heavy (non-hydrogen) atoms. The average molecular weight is 540 g/mol. The quantitative estimate of drug-likeness (QED) is 0.252. The molecule has 5 rings (SSSR count). The van der Waals surface area contributed by atoms with E-state index in [-0.39, 0.29) is 40.8 Å². The number of phenols is 1. The van der Waals surface area contributed by atoms with Crippen LogP contribution in [0.4, 0.5) is 10.5 Å². The molecule has 1 aliphatic carbocycles. The van der Waals surface area contributed by atoms with Crippen LogP contribution in [0, 0.1) is 11.3 Å². The van der Waals surface area contributed by atoms with Crippen LogP contribution in [0.3, 0.4) is 0 Å². The lowest BCUT2D eigenvalue weighted by molar-refractivity contribution is -0.167. The number of hydrogen-bond acceptors (Lipinski definition) is 4. The molecule has 0 aromatic heterocycles. The Morgan fingerprint density at radius 1 is 1.00 bits per heavy atom. The lowest BCUT2D eigenvalue weighted by Gasteiger charge is -2.68. The molecule has 4 unspecified atom stereocenters. The maximum atomic E-state index is 13.1. The summed E-state index contributed by atoms with van der Waals surface area (Å²) in [5, 5.41) is 24.2. The second-order valence-corrected chi connectivity index (χ2v) is 10.7. The summed E-state index contributed by atoms with van der Waals surface area (Å²) in [6.45, 7) is 0.377. The van der Waals surface area contributed by atoms with Gasteiger partial charge in [0.25, 0.3) is 5.91 Å². The molecule has 2 fully saturated rings. The van der Waals surface area contributed by atoms with Crippen molar-refractivity contribution < 1.29 is 19.8 Å². The van der Waals surface area contributed by atoms with Gasteiger partial charge in [-0.2, -0.15) is 0 Å². The maximum Gasteiger partial charge on any atom is 0.407 e. The van der Waals surface area contributed by atoms with Crippen molar-refractivity contribution in [3.63, 3.8) is 0 Å². The van der Waals surface area contributed by atoms with E-state index in [1.54, 1.807) is 12.1 Å². The van der Waals surface area contributed by atoms with Gasteiger partial charge in [-0.3, -0.25) is 4.79 Å². The Balaban J connectivity index is 1.44. The van der Waals surface area contributed by atoms with Gasteiger partial charge in [-0.05, 0) is 66.6 Å². The topological polar surface area (TPSA) is 116 Å². The Hall–Kier alpha value is -3.42. The van der Waals surface area contributed by atoms with Gasteiger partial charge in [0.15, 0.2) is 0 Å². The zero-order valence-electron chi connectivity index (χ0n) is 19.9. The summed E-state index contributed by atoms with van der Waals surface area (Å²) in [6.07, 6.45) is 0.721. The van der Waals surface area contributed by atoms with E-state index in [4.69, 9.17) is 28.9 Å². The monoisotopic (exact) mass is 539 g/mol. The highest BCUT2D eigenvalue weighted by Gasteiger charge is 2.66.